The summed E-state index contributed by atoms with van der Waals surface area (Å²) in [5.41, 5.74) is 3.60. The predicted octanol–water partition coefficient (Wildman–Crippen LogP) is 5.01. The van der Waals surface area contributed by atoms with Gasteiger partial charge in [0.25, 0.3) is 9.92 Å². The molecule has 2 fully saturated rings. The molecular weight excluding hydrogens is 636 g/mol. The first-order valence-electron chi connectivity index (χ1n) is 17.1. The van der Waals surface area contributed by atoms with E-state index in [1.165, 1.54) is 11.1 Å². The van der Waals surface area contributed by atoms with E-state index in [0.717, 1.165) is 62.2 Å². The number of nitrogens with zero attached hydrogens (tertiary/aromatic N) is 1. The first-order valence-corrected chi connectivity index (χ1v) is 19.2. The molecule has 3 amide bonds. The number of fused-ring (bicyclic) bond motifs is 3. The van der Waals surface area contributed by atoms with Crippen molar-refractivity contribution >= 4 is 39.1 Å². The summed E-state index contributed by atoms with van der Waals surface area (Å²) in [4.78, 5) is 29.1. The number of nitrogens with one attached hydrogen (secondary N) is 3. The Morgan fingerprint density at radius 3 is 2.74 bits per heavy atom. The van der Waals surface area contributed by atoms with Crippen LogP contribution in [0, 0.1) is 23.7 Å². The summed E-state index contributed by atoms with van der Waals surface area (Å²) >= 11 is 6.45. The SMILES string of the molecule is CO[C@H]1/C=C/C[C@H](C)CS(=O)(NC(=O)NCC2CC2)=[NH+]C(=O)c2ccc3c(c2)N(Cc2ccc(Cl)cc2CCCCO3)C[C@@H]2CC[C@H]21. The maximum atomic E-state index is 14.3. The van der Waals surface area contributed by atoms with E-state index in [9.17, 15) is 13.8 Å². The normalized spacial score (nSPS) is 29.0. The lowest BCUT2D eigenvalue weighted by Crippen LogP contribution is -2.80. The molecule has 2 heterocycles. The minimum Gasteiger partial charge on any atom is -0.491 e. The summed E-state index contributed by atoms with van der Waals surface area (Å²) in [6.45, 7) is 4.46. The second-order valence-corrected chi connectivity index (χ2v) is 16.3. The fourth-order valence-electron chi connectivity index (χ4n) is 6.97. The molecule has 2 aromatic rings. The maximum Gasteiger partial charge on any atom is 0.427 e. The largest absolute Gasteiger partial charge is 0.491 e. The van der Waals surface area contributed by atoms with Gasteiger partial charge in [0, 0.05) is 31.8 Å². The smallest absolute Gasteiger partial charge is 0.427 e. The van der Waals surface area contributed by atoms with E-state index in [1.807, 2.05) is 25.1 Å². The molecule has 0 saturated heterocycles. The van der Waals surface area contributed by atoms with Crippen molar-refractivity contribution in [3.05, 3.63) is 70.3 Å². The van der Waals surface area contributed by atoms with Crippen LogP contribution >= 0.6 is 11.6 Å². The van der Waals surface area contributed by atoms with Crippen LogP contribution in [0.3, 0.4) is 0 Å². The predicted molar refractivity (Wildman–Crippen MR) is 185 cm³/mol. The number of carbonyl (C=O) groups excluding carboxylic acids is 2. The third-order valence-electron chi connectivity index (χ3n) is 9.96. The number of benzene rings is 2. The van der Waals surface area contributed by atoms with Gasteiger partial charge in [0.15, 0.2) is 0 Å². The second kappa shape index (κ2) is 15.0. The molecule has 2 aromatic carbocycles. The summed E-state index contributed by atoms with van der Waals surface area (Å²) in [5.74, 6) is 1.44. The third kappa shape index (κ3) is 8.69. The Labute approximate surface area is 284 Å². The number of carbonyl (C=O) groups is 2. The number of hydrogen-bond acceptors (Lipinski definition) is 6. The Balaban J connectivity index is 1.42. The first kappa shape index (κ1) is 33.8. The van der Waals surface area contributed by atoms with Crippen molar-refractivity contribution in [2.45, 2.75) is 70.9 Å². The van der Waals surface area contributed by atoms with Gasteiger partial charge in [-0.25, -0.2) is 14.3 Å². The number of amides is 3. The zero-order chi connectivity index (χ0) is 33.0. The molecule has 5 atom stereocenters. The van der Waals surface area contributed by atoms with Crippen molar-refractivity contribution in [3.63, 3.8) is 0 Å². The number of halogens is 1. The molecule has 0 radical (unpaired) electrons. The molecule has 11 heteroatoms. The van der Waals surface area contributed by atoms with Gasteiger partial charge in [-0.1, -0.05) is 36.7 Å². The van der Waals surface area contributed by atoms with Crippen molar-refractivity contribution in [2.75, 3.05) is 37.5 Å². The average Bonchev–Trinajstić information content (AvgIpc) is 3.85. The van der Waals surface area contributed by atoms with E-state index in [1.54, 1.807) is 13.2 Å². The van der Waals surface area contributed by atoms with Crippen LogP contribution in [0.2, 0.25) is 5.02 Å². The highest BCUT2D eigenvalue weighted by Crippen LogP contribution is 2.42. The lowest BCUT2D eigenvalue weighted by atomic mass is 9.70. The average molecular weight is 684 g/mol. The lowest BCUT2D eigenvalue weighted by molar-refractivity contribution is -0.320. The summed E-state index contributed by atoms with van der Waals surface area (Å²) in [6.07, 6.45) is 11.9. The lowest BCUT2D eigenvalue weighted by Gasteiger charge is -2.43. The number of hydrogen-bond donors (Lipinski definition) is 3. The molecule has 2 saturated carbocycles. The highest BCUT2D eigenvalue weighted by atomic mass is 35.5. The van der Waals surface area contributed by atoms with Gasteiger partial charge < -0.3 is 19.7 Å². The van der Waals surface area contributed by atoms with Crippen LogP contribution in [-0.2, 0) is 27.6 Å². The van der Waals surface area contributed by atoms with E-state index in [2.05, 4.69) is 43.6 Å². The van der Waals surface area contributed by atoms with Gasteiger partial charge in [-0.15, -0.1) is 4.36 Å². The summed E-state index contributed by atoms with van der Waals surface area (Å²) in [7, 11) is -1.54. The van der Waals surface area contributed by atoms with Crippen LogP contribution in [0.1, 0.15) is 73.4 Å². The van der Waals surface area contributed by atoms with Gasteiger partial charge in [-0.2, -0.15) is 4.21 Å². The van der Waals surface area contributed by atoms with E-state index in [0.29, 0.717) is 55.2 Å². The van der Waals surface area contributed by atoms with Gasteiger partial charge in [-0.05, 0) is 116 Å². The van der Waals surface area contributed by atoms with Crippen LogP contribution in [-0.4, -0.2) is 54.8 Å². The number of anilines is 1. The molecule has 4 aliphatic rings. The standard InChI is InChI=1S/C36H47ClN4O5S/c1-24-6-5-8-33(45-2)31-15-12-29(31)22-41-21-28-11-14-30(37)18-26(28)7-3-4-17-46-34-16-13-27(19-32(34)41)35(42)39-47(44,23-24)40-36(43)38-20-25-9-10-25/h5,8,11,13-14,16,18-19,24-25,29,31,33H,3-4,6-7,9-10,12,15,17,20-23H2,1-2H3,(H2,38,39,40,42,43,44)/p+1/b8-5+/t24-,29-,31+,33-,47?/m0/s1. The van der Waals surface area contributed by atoms with Crippen LogP contribution < -0.4 is 24.0 Å². The fraction of sp³-hybridized carbons (Fsp3) is 0.556. The van der Waals surface area contributed by atoms with Crippen molar-refractivity contribution in [3.8, 4) is 5.75 Å². The van der Waals surface area contributed by atoms with Gasteiger partial charge >= 0.3 is 11.9 Å². The van der Waals surface area contributed by atoms with Crippen LogP contribution in [0.25, 0.3) is 0 Å². The Hall–Kier alpha value is -3.08. The zero-order valence-electron chi connectivity index (χ0n) is 27.5. The Kier molecular flexibility index (Phi) is 10.8. The Morgan fingerprint density at radius 1 is 1.13 bits per heavy atom. The van der Waals surface area contributed by atoms with E-state index < -0.39 is 21.9 Å². The van der Waals surface area contributed by atoms with Crippen molar-refractivity contribution in [1.82, 2.24) is 10.0 Å². The molecule has 47 heavy (non-hydrogen) atoms. The van der Waals surface area contributed by atoms with Gasteiger partial charge in [-0.3, -0.25) is 0 Å². The van der Waals surface area contributed by atoms with Crippen molar-refractivity contribution < 1.29 is 27.6 Å². The monoisotopic (exact) mass is 683 g/mol. The number of rotatable bonds is 4. The quantitative estimate of drug-likeness (QED) is 0.391. The van der Waals surface area contributed by atoms with E-state index in [4.69, 9.17) is 21.1 Å². The topological polar surface area (TPSA) is 111 Å². The Morgan fingerprint density at radius 2 is 1.98 bits per heavy atom. The molecule has 3 N–H and O–H groups in total. The molecule has 2 aliphatic carbocycles. The summed E-state index contributed by atoms with van der Waals surface area (Å²) < 4.78 is 32.1. The van der Waals surface area contributed by atoms with Gasteiger partial charge in [0.2, 0.25) is 0 Å². The molecule has 254 valence electrons. The molecule has 2 aliphatic heterocycles. The molecule has 0 spiro atoms. The third-order valence-corrected chi connectivity index (χ3v) is 12.3. The maximum absolute atomic E-state index is 14.3. The fourth-order valence-corrected chi connectivity index (χ4v) is 9.11. The molecule has 0 aromatic heterocycles. The highest BCUT2D eigenvalue weighted by Gasteiger charge is 2.38. The highest BCUT2D eigenvalue weighted by molar-refractivity contribution is 7.89. The number of urea groups is 1. The van der Waals surface area contributed by atoms with E-state index >= 15 is 0 Å². The molecule has 6 rings (SSSR count). The number of ether oxygens (including phenoxy) is 2. The van der Waals surface area contributed by atoms with Crippen molar-refractivity contribution in [1.29, 1.82) is 0 Å². The minimum atomic E-state index is -3.31. The minimum absolute atomic E-state index is 0.0404. The Bertz CT molecular complexity index is 1620. The van der Waals surface area contributed by atoms with Crippen LogP contribution in [0.4, 0.5) is 10.5 Å². The van der Waals surface area contributed by atoms with E-state index in [-0.39, 0.29) is 17.8 Å². The molecular formula is C36H48ClN4O5S+. The van der Waals surface area contributed by atoms with Gasteiger partial charge in [0.1, 0.15) is 5.75 Å². The first-order chi connectivity index (χ1) is 22.7. The summed E-state index contributed by atoms with van der Waals surface area (Å²) in [5, 5.41) is 3.55. The zero-order valence-corrected chi connectivity index (χ0v) is 29.0. The van der Waals surface area contributed by atoms with Crippen molar-refractivity contribution in [2.24, 2.45) is 23.7 Å². The van der Waals surface area contributed by atoms with Gasteiger partial charge in [0.05, 0.1) is 29.7 Å². The van der Waals surface area contributed by atoms with Crippen LogP contribution in [0.15, 0.2) is 48.6 Å². The number of allylic oxidation sites excluding steroid dienone is 1. The molecule has 1 unspecified atom stereocenters. The molecule has 2 bridgehead atoms. The number of methoxy groups -OCH3 is 1. The van der Waals surface area contributed by atoms with Crippen LogP contribution in [0.5, 0.6) is 5.75 Å². The second-order valence-electron chi connectivity index (χ2n) is 13.8. The number of aryl methyl sites for hydroxylation is 1. The molecule has 9 nitrogen and oxygen atoms in total. The summed E-state index contributed by atoms with van der Waals surface area (Å²) in [6, 6.07) is 11.0.